The van der Waals surface area contributed by atoms with E-state index in [-0.39, 0.29) is 18.4 Å². The predicted molar refractivity (Wildman–Crippen MR) is 68.5 cm³/mol. The topological polar surface area (TPSA) is 75.4 Å². The third kappa shape index (κ3) is 7.74. The number of rotatable bonds is 9. The van der Waals surface area contributed by atoms with E-state index >= 15 is 0 Å². The molecule has 0 aromatic heterocycles. The number of hydrogen-bond acceptors (Lipinski definition) is 3. The first-order valence-corrected chi connectivity index (χ1v) is 6.34. The van der Waals surface area contributed by atoms with E-state index in [1.54, 1.807) is 11.9 Å². The third-order valence-corrected chi connectivity index (χ3v) is 2.69. The van der Waals surface area contributed by atoms with Gasteiger partial charge in [-0.05, 0) is 26.3 Å². The minimum Gasteiger partial charge on any atom is -0.358 e. The molecule has 0 atom stereocenters. The van der Waals surface area contributed by atoms with Gasteiger partial charge in [0.25, 0.3) is 0 Å². The van der Waals surface area contributed by atoms with Crippen LogP contribution in [-0.4, -0.2) is 43.4 Å². The number of nitrogens with zero attached hydrogens (tertiary/aromatic N) is 1. The Morgan fingerprint density at radius 2 is 1.82 bits per heavy atom. The van der Waals surface area contributed by atoms with Crippen LogP contribution in [-0.2, 0) is 9.59 Å². The molecule has 0 aromatic rings. The molecule has 0 fully saturated rings. The number of carbonyl (C=O) groups excluding carboxylic acids is 2. The van der Waals surface area contributed by atoms with E-state index in [2.05, 4.69) is 5.32 Å². The van der Waals surface area contributed by atoms with Gasteiger partial charge in [0.1, 0.15) is 0 Å². The summed E-state index contributed by atoms with van der Waals surface area (Å²) < 4.78 is 0. The van der Waals surface area contributed by atoms with Crippen LogP contribution in [0.5, 0.6) is 0 Å². The fourth-order valence-corrected chi connectivity index (χ4v) is 1.56. The smallest absolute Gasteiger partial charge is 0.239 e. The number of carbonyl (C=O) groups is 2. The second-order valence-electron chi connectivity index (χ2n) is 4.03. The lowest BCUT2D eigenvalue weighted by Gasteiger charge is -2.19. The molecule has 0 aliphatic heterocycles. The molecule has 3 N–H and O–H groups in total. The number of hydrogen-bond donors (Lipinski definition) is 2. The van der Waals surface area contributed by atoms with Gasteiger partial charge < -0.3 is 16.0 Å². The number of nitrogens with two attached hydrogens (primary N) is 1. The largest absolute Gasteiger partial charge is 0.358 e. The first kappa shape index (κ1) is 15.9. The normalized spacial score (nSPS) is 10.1. The second kappa shape index (κ2) is 10.1. The molecular formula is C12H25N3O2. The average molecular weight is 243 g/mol. The van der Waals surface area contributed by atoms with E-state index in [0.29, 0.717) is 19.5 Å². The van der Waals surface area contributed by atoms with Crippen LogP contribution in [0.15, 0.2) is 0 Å². The van der Waals surface area contributed by atoms with Crippen molar-refractivity contribution >= 4 is 11.8 Å². The molecule has 100 valence electrons. The first-order chi connectivity index (χ1) is 8.15. The molecular weight excluding hydrogens is 218 g/mol. The molecule has 0 bridgehead atoms. The van der Waals surface area contributed by atoms with Crippen molar-refractivity contribution in [3.8, 4) is 0 Å². The maximum atomic E-state index is 11.8. The standard InChI is InChI=1S/C12H25N3O2/c1-3-15(10-11(16)14-2)12(17)8-6-4-5-7-9-13/h3-10,13H2,1-2H3,(H,14,16). The van der Waals surface area contributed by atoms with Gasteiger partial charge in [-0.2, -0.15) is 0 Å². The lowest BCUT2D eigenvalue weighted by Crippen LogP contribution is -2.39. The van der Waals surface area contributed by atoms with Crippen molar-refractivity contribution < 1.29 is 9.59 Å². The summed E-state index contributed by atoms with van der Waals surface area (Å²) in [6.07, 6.45) is 4.52. The molecule has 0 radical (unpaired) electrons. The maximum Gasteiger partial charge on any atom is 0.239 e. The summed E-state index contributed by atoms with van der Waals surface area (Å²) in [5.41, 5.74) is 5.39. The predicted octanol–water partition coefficient (Wildman–Crippen LogP) is 0.490. The van der Waals surface area contributed by atoms with Crippen LogP contribution in [0.2, 0.25) is 0 Å². The Kier molecular flexibility index (Phi) is 9.43. The Morgan fingerprint density at radius 3 is 2.35 bits per heavy atom. The summed E-state index contributed by atoms with van der Waals surface area (Å²) in [5, 5.41) is 2.52. The van der Waals surface area contributed by atoms with Gasteiger partial charge >= 0.3 is 0 Å². The van der Waals surface area contributed by atoms with Crippen molar-refractivity contribution in [2.24, 2.45) is 5.73 Å². The molecule has 0 saturated heterocycles. The van der Waals surface area contributed by atoms with Crippen molar-refractivity contribution in [2.75, 3.05) is 26.7 Å². The van der Waals surface area contributed by atoms with E-state index in [1.165, 1.54) is 0 Å². The molecule has 0 rings (SSSR count). The Bertz CT molecular complexity index is 232. The van der Waals surface area contributed by atoms with Crippen molar-refractivity contribution in [1.29, 1.82) is 0 Å². The molecule has 0 saturated carbocycles. The molecule has 0 aromatic carbocycles. The highest BCUT2D eigenvalue weighted by molar-refractivity contribution is 5.84. The van der Waals surface area contributed by atoms with Crippen molar-refractivity contribution in [3.05, 3.63) is 0 Å². The second-order valence-corrected chi connectivity index (χ2v) is 4.03. The summed E-state index contributed by atoms with van der Waals surface area (Å²) in [7, 11) is 1.58. The summed E-state index contributed by atoms with van der Waals surface area (Å²) in [5.74, 6) is -0.0628. The van der Waals surface area contributed by atoms with Crippen LogP contribution in [0.4, 0.5) is 0 Å². The zero-order valence-corrected chi connectivity index (χ0v) is 11.0. The quantitative estimate of drug-likeness (QED) is 0.579. The molecule has 5 nitrogen and oxygen atoms in total. The van der Waals surface area contributed by atoms with E-state index in [9.17, 15) is 9.59 Å². The lowest BCUT2D eigenvalue weighted by atomic mass is 10.1. The Balaban J connectivity index is 3.80. The minimum absolute atomic E-state index is 0.0591. The van der Waals surface area contributed by atoms with Gasteiger partial charge in [-0.25, -0.2) is 0 Å². The Labute approximate surface area is 104 Å². The monoisotopic (exact) mass is 243 g/mol. The van der Waals surface area contributed by atoms with Gasteiger partial charge in [0.15, 0.2) is 0 Å². The Morgan fingerprint density at radius 1 is 1.18 bits per heavy atom. The zero-order chi connectivity index (χ0) is 13.1. The zero-order valence-electron chi connectivity index (χ0n) is 11.0. The summed E-state index contributed by atoms with van der Waals surface area (Å²) >= 11 is 0. The van der Waals surface area contributed by atoms with Gasteiger partial charge in [0, 0.05) is 20.0 Å². The number of nitrogens with one attached hydrogen (secondary N) is 1. The van der Waals surface area contributed by atoms with Crippen molar-refractivity contribution in [1.82, 2.24) is 10.2 Å². The summed E-state index contributed by atoms with van der Waals surface area (Å²) in [6.45, 7) is 3.34. The van der Waals surface area contributed by atoms with E-state index in [4.69, 9.17) is 5.73 Å². The fourth-order valence-electron chi connectivity index (χ4n) is 1.56. The van der Waals surface area contributed by atoms with Crippen molar-refractivity contribution in [3.63, 3.8) is 0 Å². The molecule has 0 unspecified atom stereocenters. The van der Waals surface area contributed by atoms with Gasteiger partial charge in [-0.3, -0.25) is 9.59 Å². The molecule has 17 heavy (non-hydrogen) atoms. The van der Waals surface area contributed by atoms with Crippen LogP contribution in [0.25, 0.3) is 0 Å². The number of unbranched alkanes of at least 4 members (excludes halogenated alkanes) is 3. The van der Waals surface area contributed by atoms with Crippen LogP contribution >= 0.6 is 0 Å². The van der Waals surface area contributed by atoms with Crippen LogP contribution in [0, 0.1) is 0 Å². The highest BCUT2D eigenvalue weighted by Gasteiger charge is 2.13. The number of amides is 2. The number of likely N-dealkylation sites (N-methyl/N-ethyl adjacent to an activating group) is 2. The summed E-state index contributed by atoms with van der Waals surface area (Å²) in [4.78, 5) is 24.5. The highest BCUT2D eigenvalue weighted by atomic mass is 16.2. The maximum absolute atomic E-state index is 11.8. The SMILES string of the molecule is CCN(CC(=O)NC)C(=O)CCCCCCN. The van der Waals surface area contributed by atoms with Gasteiger partial charge in [0.05, 0.1) is 6.54 Å². The van der Waals surface area contributed by atoms with E-state index < -0.39 is 0 Å². The molecule has 5 heteroatoms. The summed E-state index contributed by atoms with van der Waals surface area (Å²) in [6, 6.07) is 0. The fraction of sp³-hybridized carbons (Fsp3) is 0.833. The van der Waals surface area contributed by atoms with E-state index in [1.807, 2.05) is 6.92 Å². The lowest BCUT2D eigenvalue weighted by molar-refractivity contribution is -0.135. The molecule has 0 aliphatic carbocycles. The minimum atomic E-state index is -0.122. The first-order valence-electron chi connectivity index (χ1n) is 6.34. The van der Waals surface area contributed by atoms with Crippen LogP contribution < -0.4 is 11.1 Å². The van der Waals surface area contributed by atoms with Gasteiger partial charge in [0.2, 0.25) is 11.8 Å². The van der Waals surface area contributed by atoms with Gasteiger partial charge in [-0.1, -0.05) is 12.8 Å². The van der Waals surface area contributed by atoms with Gasteiger partial charge in [-0.15, -0.1) is 0 Å². The third-order valence-electron chi connectivity index (χ3n) is 2.69. The molecule has 0 heterocycles. The Hall–Kier alpha value is -1.10. The molecule has 2 amide bonds. The van der Waals surface area contributed by atoms with Crippen molar-refractivity contribution in [2.45, 2.75) is 39.0 Å². The average Bonchev–Trinajstić information content (AvgIpc) is 2.34. The van der Waals surface area contributed by atoms with Crippen LogP contribution in [0.1, 0.15) is 39.0 Å². The molecule has 0 spiro atoms. The highest BCUT2D eigenvalue weighted by Crippen LogP contribution is 2.05. The van der Waals surface area contributed by atoms with E-state index in [0.717, 1.165) is 25.7 Å². The molecule has 0 aliphatic rings. The van der Waals surface area contributed by atoms with Crippen LogP contribution in [0.3, 0.4) is 0 Å².